The van der Waals surface area contributed by atoms with Crippen molar-refractivity contribution in [1.29, 1.82) is 0 Å². The Morgan fingerprint density at radius 2 is 1.90 bits per heavy atom. The van der Waals surface area contributed by atoms with Crippen molar-refractivity contribution in [3.63, 3.8) is 0 Å². The Kier molecular flexibility index (Phi) is 9.09. The van der Waals surface area contributed by atoms with Crippen LogP contribution in [0.15, 0.2) is 12.3 Å². The summed E-state index contributed by atoms with van der Waals surface area (Å²) in [5.41, 5.74) is 1.22. The first-order valence-electron chi connectivity index (χ1n) is 8.45. The minimum Gasteiger partial charge on any atom is -0.313 e. The molecule has 122 valence electrons. The summed E-state index contributed by atoms with van der Waals surface area (Å²) in [6.07, 6.45) is 5.49. The third kappa shape index (κ3) is 6.88. The monoisotopic (exact) mass is 311 g/mol. The van der Waals surface area contributed by atoms with Crippen molar-refractivity contribution in [3.8, 4) is 0 Å². The molecular weight excluding hydrogens is 278 g/mol. The van der Waals surface area contributed by atoms with Gasteiger partial charge in [0.05, 0.1) is 11.7 Å². The third-order valence-corrected chi connectivity index (χ3v) is 5.24. The van der Waals surface area contributed by atoms with E-state index in [1.807, 2.05) is 0 Å². The molecule has 3 nitrogen and oxygen atoms in total. The lowest BCUT2D eigenvalue weighted by molar-refractivity contribution is 0.423. The largest absolute Gasteiger partial charge is 0.313 e. The Morgan fingerprint density at radius 3 is 2.48 bits per heavy atom. The summed E-state index contributed by atoms with van der Waals surface area (Å²) < 4.78 is 2.15. The van der Waals surface area contributed by atoms with Crippen LogP contribution in [0.2, 0.25) is 0 Å². The molecule has 1 aromatic heterocycles. The molecular formula is C17H33N3S. The van der Waals surface area contributed by atoms with Crippen molar-refractivity contribution >= 4 is 11.8 Å². The molecule has 0 aliphatic carbocycles. The number of likely N-dealkylation sites (N-methyl/N-ethyl adjacent to an activating group) is 1. The van der Waals surface area contributed by atoms with E-state index < -0.39 is 0 Å². The second kappa shape index (κ2) is 10.3. The van der Waals surface area contributed by atoms with Gasteiger partial charge in [0.15, 0.2) is 0 Å². The molecule has 1 rings (SSSR count). The first-order valence-corrected chi connectivity index (χ1v) is 9.61. The summed E-state index contributed by atoms with van der Waals surface area (Å²) >= 11 is 2.05. The standard InChI is InChI=1S/C17H33N3S/c1-6-17(7-2)20-10-9-15(19-20)11-16(18-8-3)13-21-12-14(4)5/h9-10,14,16-18H,6-8,11-13H2,1-5H3. The van der Waals surface area contributed by atoms with E-state index in [1.54, 1.807) is 0 Å². The molecule has 0 bridgehead atoms. The lowest BCUT2D eigenvalue weighted by Gasteiger charge is -2.17. The van der Waals surface area contributed by atoms with Gasteiger partial charge in [-0.1, -0.05) is 34.6 Å². The highest BCUT2D eigenvalue weighted by Gasteiger charge is 2.13. The van der Waals surface area contributed by atoms with Gasteiger partial charge in [-0.2, -0.15) is 16.9 Å². The van der Waals surface area contributed by atoms with Gasteiger partial charge in [0, 0.05) is 24.4 Å². The molecule has 1 aromatic rings. The molecule has 0 aliphatic rings. The van der Waals surface area contributed by atoms with Crippen LogP contribution in [0.3, 0.4) is 0 Å². The highest BCUT2D eigenvalue weighted by molar-refractivity contribution is 7.99. The van der Waals surface area contributed by atoms with Gasteiger partial charge in [0.2, 0.25) is 0 Å². The topological polar surface area (TPSA) is 29.9 Å². The van der Waals surface area contributed by atoms with Gasteiger partial charge in [0.1, 0.15) is 0 Å². The number of rotatable bonds is 11. The van der Waals surface area contributed by atoms with Crippen molar-refractivity contribution < 1.29 is 0 Å². The van der Waals surface area contributed by atoms with Gasteiger partial charge in [-0.15, -0.1) is 0 Å². The van der Waals surface area contributed by atoms with Crippen LogP contribution < -0.4 is 5.32 Å². The van der Waals surface area contributed by atoms with E-state index in [0.29, 0.717) is 12.1 Å². The normalized spacial score (nSPS) is 13.3. The predicted octanol–water partition coefficient (Wildman–Crippen LogP) is 4.15. The van der Waals surface area contributed by atoms with Gasteiger partial charge < -0.3 is 5.32 Å². The number of thioether (sulfide) groups is 1. The summed E-state index contributed by atoms with van der Waals surface area (Å²) in [5, 5.41) is 8.39. The summed E-state index contributed by atoms with van der Waals surface area (Å²) in [6.45, 7) is 12.3. The van der Waals surface area contributed by atoms with Crippen LogP contribution in [0.4, 0.5) is 0 Å². The second-order valence-electron chi connectivity index (χ2n) is 6.15. The SMILES string of the molecule is CCNC(CSCC(C)C)Cc1ccn(C(CC)CC)n1. The molecule has 0 fully saturated rings. The average Bonchev–Trinajstić information content (AvgIpc) is 2.88. The number of hydrogen-bond donors (Lipinski definition) is 1. The lowest BCUT2D eigenvalue weighted by atomic mass is 10.2. The highest BCUT2D eigenvalue weighted by Crippen LogP contribution is 2.16. The van der Waals surface area contributed by atoms with Gasteiger partial charge in [-0.3, -0.25) is 4.68 Å². The molecule has 0 aliphatic heterocycles. The van der Waals surface area contributed by atoms with E-state index in [-0.39, 0.29) is 0 Å². The van der Waals surface area contributed by atoms with E-state index in [2.05, 4.69) is 68.6 Å². The van der Waals surface area contributed by atoms with Gasteiger partial charge >= 0.3 is 0 Å². The minimum absolute atomic E-state index is 0.531. The van der Waals surface area contributed by atoms with Crippen LogP contribution in [0.5, 0.6) is 0 Å². The van der Waals surface area contributed by atoms with Crippen LogP contribution in [0.1, 0.15) is 59.2 Å². The van der Waals surface area contributed by atoms with Crippen molar-refractivity contribution in [2.24, 2.45) is 5.92 Å². The molecule has 1 heterocycles. The lowest BCUT2D eigenvalue weighted by Crippen LogP contribution is -2.33. The fourth-order valence-electron chi connectivity index (χ4n) is 2.53. The van der Waals surface area contributed by atoms with Crippen molar-refractivity contribution in [3.05, 3.63) is 18.0 Å². The van der Waals surface area contributed by atoms with Crippen LogP contribution in [-0.4, -0.2) is 33.9 Å². The Hall–Kier alpha value is -0.480. The van der Waals surface area contributed by atoms with E-state index in [4.69, 9.17) is 5.10 Å². The summed E-state index contributed by atoms with van der Waals surface area (Å²) in [7, 11) is 0. The van der Waals surface area contributed by atoms with E-state index in [9.17, 15) is 0 Å². The van der Waals surface area contributed by atoms with Crippen molar-refractivity contribution in [2.75, 3.05) is 18.1 Å². The van der Waals surface area contributed by atoms with E-state index >= 15 is 0 Å². The molecule has 0 saturated carbocycles. The maximum absolute atomic E-state index is 4.78. The second-order valence-corrected chi connectivity index (χ2v) is 7.22. The van der Waals surface area contributed by atoms with Crippen LogP contribution in [0.25, 0.3) is 0 Å². The molecule has 0 amide bonds. The first-order chi connectivity index (χ1) is 10.1. The third-order valence-electron chi connectivity index (χ3n) is 3.70. The number of nitrogens with zero attached hydrogens (tertiary/aromatic N) is 2. The zero-order valence-corrected chi connectivity index (χ0v) is 15.2. The minimum atomic E-state index is 0.531. The number of hydrogen-bond acceptors (Lipinski definition) is 3. The maximum atomic E-state index is 4.78. The Morgan fingerprint density at radius 1 is 1.19 bits per heavy atom. The zero-order chi connectivity index (χ0) is 15.7. The Balaban J connectivity index is 2.54. The highest BCUT2D eigenvalue weighted by atomic mass is 32.2. The van der Waals surface area contributed by atoms with Gasteiger partial charge in [-0.25, -0.2) is 0 Å². The number of nitrogens with one attached hydrogen (secondary N) is 1. The predicted molar refractivity (Wildman–Crippen MR) is 95.2 cm³/mol. The molecule has 1 N–H and O–H groups in total. The number of aromatic nitrogens is 2. The fourth-order valence-corrected chi connectivity index (χ4v) is 3.66. The zero-order valence-electron chi connectivity index (χ0n) is 14.4. The summed E-state index contributed by atoms with van der Waals surface area (Å²) in [5.74, 6) is 3.18. The Labute approximate surface area is 135 Å². The van der Waals surface area contributed by atoms with Gasteiger partial charge in [0.25, 0.3) is 0 Å². The average molecular weight is 312 g/mol. The molecule has 4 heteroatoms. The van der Waals surface area contributed by atoms with E-state index in [1.165, 1.54) is 17.2 Å². The smallest absolute Gasteiger partial charge is 0.0640 e. The van der Waals surface area contributed by atoms with Crippen LogP contribution >= 0.6 is 11.8 Å². The first kappa shape index (κ1) is 18.6. The molecule has 21 heavy (non-hydrogen) atoms. The fraction of sp³-hybridized carbons (Fsp3) is 0.824. The summed E-state index contributed by atoms with van der Waals surface area (Å²) in [6, 6.07) is 3.27. The van der Waals surface area contributed by atoms with Gasteiger partial charge in [-0.05, 0) is 37.1 Å². The molecule has 0 saturated heterocycles. The van der Waals surface area contributed by atoms with Crippen LogP contribution in [0, 0.1) is 5.92 Å². The molecule has 0 spiro atoms. The van der Waals surface area contributed by atoms with Crippen molar-refractivity contribution in [2.45, 2.75) is 66.0 Å². The van der Waals surface area contributed by atoms with E-state index in [0.717, 1.165) is 31.7 Å². The Bertz CT molecular complexity index is 372. The summed E-state index contributed by atoms with van der Waals surface area (Å²) in [4.78, 5) is 0. The molecule has 0 radical (unpaired) electrons. The van der Waals surface area contributed by atoms with Crippen molar-refractivity contribution in [1.82, 2.24) is 15.1 Å². The molecule has 1 atom stereocenters. The molecule has 0 aromatic carbocycles. The molecule has 1 unspecified atom stereocenters. The van der Waals surface area contributed by atoms with Crippen LogP contribution in [-0.2, 0) is 6.42 Å². The quantitative estimate of drug-likeness (QED) is 0.665. The maximum Gasteiger partial charge on any atom is 0.0640 e.